The third kappa shape index (κ3) is 5.25. The monoisotopic (exact) mass is 194 g/mol. The number of halogens is 1. The SMILES string of the molecule is CC.CC(=O)/C=C/c1ccc(F)cc1. The van der Waals surface area contributed by atoms with Crippen molar-refractivity contribution in [3.8, 4) is 0 Å². The van der Waals surface area contributed by atoms with Crippen LogP contribution in [0.5, 0.6) is 0 Å². The van der Waals surface area contributed by atoms with Crippen molar-refractivity contribution in [2.45, 2.75) is 20.8 Å². The van der Waals surface area contributed by atoms with E-state index in [0.29, 0.717) is 0 Å². The molecule has 2 heteroatoms. The third-order valence-corrected chi connectivity index (χ3v) is 1.38. The van der Waals surface area contributed by atoms with E-state index < -0.39 is 0 Å². The number of carbonyl (C=O) groups excluding carboxylic acids is 1. The molecule has 0 fully saturated rings. The molecule has 0 radical (unpaired) electrons. The standard InChI is InChI=1S/C10H9FO.C2H6/c1-8(12)2-3-9-4-6-10(11)7-5-9;1-2/h2-7H,1H3;1-2H3/b3-2+;. The summed E-state index contributed by atoms with van der Waals surface area (Å²) < 4.78 is 12.4. The van der Waals surface area contributed by atoms with Gasteiger partial charge >= 0.3 is 0 Å². The predicted octanol–water partition coefficient (Wildman–Crippen LogP) is 3.45. The topological polar surface area (TPSA) is 17.1 Å². The lowest BCUT2D eigenvalue weighted by molar-refractivity contribution is -0.112. The molecule has 14 heavy (non-hydrogen) atoms. The van der Waals surface area contributed by atoms with E-state index in [1.165, 1.54) is 25.1 Å². The summed E-state index contributed by atoms with van der Waals surface area (Å²) in [5.41, 5.74) is 0.826. The summed E-state index contributed by atoms with van der Waals surface area (Å²) >= 11 is 0. The summed E-state index contributed by atoms with van der Waals surface area (Å²) in [5, 5.41) is 0. The number of hydrogen-bond donors (Lipinski definition) is 0. The molecule has 0 bridgehead atoms. The van der Waals surface area contributed by atoms with Gasteiger partial charge in [0.15, 0.2) is 5.78 Å². The van der Waals surface area contributed by atoms with Crippen molar-refractivity contribution in [2.24, 2.45) is 0 Å². The van der Waals surface area contributed by atoms with Gasteiger partial charge in [0.05, 0.1) is 0 Å². The van der Waals surface area contributed by atoms with Crippen molar-refractivity contribution in [1.29, 1.82) is 0 Å². The molecular weight excluding hydrogens is 179 g/mol. The molecule has 0 unspecified atom stereocenters. The van der Waals surface area contributed by atoms with Crippen molar-refractivity contribution < 1.29 is 9.18 Å². The molecule has 0 spiro atoms. The van der Waals surface area contributed by atoms with E-state index in [0.717, 1.165) is 5.56 Å². The van der Waals surface area contributed by atoms with E-state index >= 15 is 0 Å². The Morgan fingerprint density at radius 2 is 1.71 bits per heavy atom. The molecule has 0 aliphatic rings. The maximum absolute atomic E-state index is 12.4. The molecule has 0 aliphatic heterocycles. The Bertz CT molecular complexity index is 299. The molecular formula is C12H15FO. The summed E-state index contributed by atoms with van der Waals surface area (Å²) in [7, 11) is 0. The first-order valence-corrected chi connectivity index (χ1v) is 4.63. The molecule has 0 aromatic heterocycles. The van der Waals surface area contributed by atoms with Gasteiger partial charge in [0.2, 0.25) is 0 Å². The minimum atomic E-state index is -0.269. The molecule has 0 aliphatic carbocycles. The molecule has 1 aromatic rings. The molecule has 0 atom stereocenters. The van der Waals surface area contributed by atoms with Crippen molar-refractivity contribution in [3.05, 3.63) is 41.7 Å². The van der Waals surface area contributed by atoms with Crippen LogP contribution in [-0.2, 0) is 4.79 Å². The second-order valence-corrected chi connectivity index (χ2v) is 2.50. The number of rotatable bonds is 2. The minimum absolute atomic E-state index is 0.0145. The first-order chi connectivity index (χ1) is 6.68. The van der Waals surface area contributed by atoms with Crippen LogP contribution in [0.2, 0.25) is 0 Å². The highest BCUT2D eigenvalue weighted by Crippen LogP contribution is 2.04. The number of ketones is 1. The molecule has 76 valence electrons. The van der Waals surface area contributed by atoms with Crippen molar-refractivity contribution in [1.82, 2.24) is 0 Å². The average molecular weight is 194 g/mol. The highest BCUT2D eigenvalue weighted by Gasteiger charge is 1.88. The van der Waals surface area contributed by atoms with Crippen LogP contribution in [0.4, 0.5) is 4.39 Å². The second-order valence-electron chi connectivity index (χ2n) is 2.50. The molecule has 1 aromatic carbocycles. The van der Waals surface area contributed by atoms with Crippen molar-refractivity contribution in [3.63, 3.8) is 0 Å². The molecule has 0 saturated carbocycles. The first kappa shape index (κ1) is 12.6. The van der Waals surface area contributed by atoms with Crippen LogP contribution in [-0.4, -0.2) is 5.78 Å². The fraction of sp³-hybridized carbons (Fsp3) is 0.250. The van der Waals surface area contributed by atoms with Gasteiger partial charge in [-0.3, -0.25) is 4.79 Å². The Hall–Kier alpha value is -1.44. The quantitative estimate of drug-likeness (QED) is 0.659. The van der Waals surface area contributed by atoms with E-state index in [2.05, 4.69) is 0 Å². The molecule has 0 amide bonds. The fourth-order valence-electron chi connectivity index (χ4n) is 0.787. The zero-order valence-corrected chi connectivity index (χ0v) is 8.75. The van der Waals surface area contributed by atoms with Crippen LogP contribution in [0.3, 0.4) is 0 Å². The highest BCUT2D eigenvalue weighted by molar-refractivity contribution is 5.91. The molecule has 1 nitrogen and oxygen atoms in total. The molecule has 0 saturated heterocycles. The Labute approximate surface area is 84.3 Å². The zero-order chi connectivity index (χ0) is 11.0. The Balaban J connectivity index is 0.000000791. The lowest BCUT2D eigenvalue weighted by Crippen LogP contribution is -1.80. The van der Waals surface area contributed by atoms with Crippen LogP contribution >= 0.6 is 0 Å². The van der Waals surface area contributed by atoms with Gasteiger partial charge in [-0.15, -0.1) is 0 Å². The van der Waals surface area contributed by atoms with E-state index in [1.54, 1.807) is 18.2 Å². The third-order valence-electron chi connectivity index (χ3n) is 1.38. The number of carbonyl (C=O) groups is 1. The van der Waals surface area contributed by atoms with E-state index in [9.17, 15) is 9.18 Å². The lowest BCUT2D eigenvalue weighted by atomic mass is 10.2. The summed E-state index contributed by atoms with van der Waals surface area (Å²) in [6, 6.07) is 5.96. The Kier molecular flexibility index (Phi) is 6.29. The summed E-state index contributed by atoms with van der Waals surface area (Å²) in [6.45, 7) is 5.47. The van der Waals surface area contributed by atoms with Crippen molar-refractivity contribution in [2.75, 3.05) is 0 Å². The van der Waals surface area contributed by atoms with Crippen LogP contribution in [0.25, 0.3) is 6.08 Å². The summed E-state index contributed by atoms with van der Waals surface area (Å²) in [6.07, 6.45) is 3.11. The van der Waals surface area contributed by atoms with Gasteiger partial charge in [0.25, 0.3) is 0 Å². The van der Waals surface area contributed by atoms with Crippen LogP contribution < -0.4 is 0 Å². The van der Waals surface area contributed by atoms with E-state index in [1.807, 2.05) is 13.8 Å². The largest absolute Gasteiger partial charge is 0.295 e. The van der Waals surface area contributed by atoms with Crippen LogP contribution in [0.15, 0.2) is 30.3 Å². The number of allylic oxidation sites excluding steroid dienone is 1. The van der Waals surface area contributed by atoms with Crippen molar-refractivity contribution >= 4 is 11.9 Å². The minimum Gasteiger partial charge on any atom is -0.295 e. The average Bonchev–Trinajstić information content (AvgIpc) is 2.20. The van der Waals surface area contributed by atoms with Gasteiger partial charge in [0, 0.05) is 0 Å². The summed E-state index contributed by atoms with van der Waals surface area (Å²) in [4.78, 5) is 10.5. The van der Waals surface area contributed by atoms with Gasteiger partial charge in [-0.05, 0) is 30.7 Å². The smallest absolute Gasteiger partial charge is 0.152 e. The Morgan fingerprint density at radius 3 is 2.14 bits per heavy atom. The van der Waals surface area contributed by atoms with Gasteiger partial charge in [-0.25, -0.2) is 4.39 Å². The van der Waals surface area contributed by atoms with Gasteiger partial charge in [0.1, 0.15) is 5.82 Å². The van der Waals surface area contributed by atoms with Gasteiger partial charge in [-0.1, -0.05) is 32.1 Å². The Morgan fingerprint density at radius 1 is 1.21 bits per heavy atom. The second kappa shape index (κ2) is 7.01. The molecule has 0 N–H and O–H groups in total. The fourth-order valence-corrected chi connectivity index (χ4v) is 0.787. The van der Waals surface area contributed by atoms with Crippen LogP contribution in [0.1, 0.15) is 26.3 Å². The predicted molar refractivity (Wildman–Crippen MR) is 57.5 cm³/mol. The number of hydrogen-bond acceptors (Lipinski definition) is 1. The summed E-state index contributed by atoms with van der Waals surface area (Å²) in [5.74, 6) is -0.283. The molecule has 1 rings (SSSR count). The highest BCUT2D eigenvalue weighted by atomic mass is 19.1. The normalized spacial score (nSPS) is 9.43. The zero-order valence-electron chi connectivity index (χ0n) is 8.75. The van der Waals surface area contributed by atoms with E-state index in [-0.39, 0.29) is 11.6 Å². The van der Waals surface area contributed by atoms with E-state index in [4.69, 9.17) is 0 Å². The van der Waals surface area contributed by atoms with Gasteiger partial charge < -0.3 is 0 Å². The molecule has 0 heterocycles. The first-order valence-electron chi connectivity index (χ1n) is 4.63. The lowest BCUT2D eigenvalue weighted by Gasteiger charge is -1.90. The van der Waals surface area contributed by atoms with Gasteiger partial charge in [-0.2, -0.15) is 0 Å². The van der Waals surface area contributed by atoms with Crippen LogP contribution in [0, 0.1) is 5.82 Å². The maximum Gasteiger partial charge on any atom is 0.152 e. The number of benzene rings is 1. The maximum atomic E-state index is 12.4.